The molecule has 0 fully saturated rings. The van der Waals surface area contributed by atoms with E-state index < -0.39 is 14.3 Å². The topological polar surface area (TPSA) is 44.8 Å². The molecule has 5 heteroatoms. The second-order valence-corrected chi connectivity index (χ2v) is 8.59. The number of hydrogen-bond acceptors (Lipinski definition) is 4. The molecule has 0 N–H and O–H groups in total. The van der Waals surface area contributed by atoms with Gasteiger partial charge in [-0.15, -0.1) is 0 Å². The fourth-order valence-corrected chi connectivity index (χ4v) is 3.71. The quantitative estimate of drug-likeness (QED) is 0.458. The lowest BCUT2D eigenvalue weighted by atomic mass is 10.0. The van der Waals surface area contributed by atoms with Gasteiger partial charge in [0.2, 0.25) is 0 Å². The van der Waals surface area contributed by atoms with Gasteiger partial charge in [-0.25, -0.2) is 0 Å². The first-order valence-electron chi connectivity index (χ1n) is 7.16. The number of esters is 1. The average molecular weight is 290 g/mol. The lowest BCUT2D eigenvalue weighted by Gasteiger charge is -2.28. The van der Waals surface area contributed by atoms with Crippen LogP contribution in [-0.2, 0) is 18.4 Å². The Morgan fingerprint density at radius 3 is 2.21 bits per heavy atom. The molecule has 0 aromatic heterocycles. The molecule has 0 saturated carbocycles. The monoisotopic (exact) mass is 290 g/mol. The molecule has 19 heavy (non-hydrogen) atoms. The van der Waals surface area contributed by atoms with E-state index in [0.717, 1.165) is 12.8 Å². The van der Waals surface area contributed by atoms with Crippen LogP contribution in [-0.4, -0.2) is 36.1 Å². The first-order valence-corrected chi connectivity index (χ1v) is 8.68. The summed E-state index contributed by atoms with van der Waals surface area (Å²) in [7, 11) is 1.15. The Kier molecular flexibility index (Phi) is 9.30. The molecule has 0 amide bonds. The largest absolute Gasteiger partial charge is 0.465 e. The number of rotatable bonds is 10. The van der Waals surface area contributed by atoms with Crippen molar-refractivity contribution < 1.29 is 18.4 Å². The molecule has 0 bridgehead atoms. The fourth-order valence-electron chi connectivity index (χ4n) is 2.06. The molecule has 0 spiro atoms. The predicted octanol–water partition coefficient (Wildman–Crippen LogP) is 3.04. The van der Waals surface area contributed by atoms with Gasteiger partial charge in [0.1, 0.15) is 5.04 Å². The summed E-state index contributed by atoms with van der Waals surface area (Å²) in [5.74, 6) is 0.257. The summed E-state index contributed by atoms with van der Waals surface area (Å²) in [5.41, 5.74) is 0. The van der Waals surface area contributed by atoms with Crippen LogP contribution in [0.3, 0.4) is 0 Å². The summed E-state index contributed by atoms with van der Waals surface area (Å²) in [4.78, 5) is 12.2. The van der Waals surface area contributed by atoms with Gasteiger partial charge in [-0.3, -0.25) is 4.79 Å². The van der Waals surface area contributed by atoms with E-state index >= 15 is 0 Å². The Hall–Kier alpha value is -0.393. The Balaban J connectivity index is 4.34. The van der Waals surface area contributed by atoms with Crippen molar-refractivity contribution in [2.24, 2.45) is 5.92 Å². The lowest BCUT2D eigenvalue weighted by Crippen LogP contribution is -2.40. The van der Waals surface area contributed by atoms with Crippen molar-refractivity contribution in [1.82, 2.24) is 0 Å². The molecule has 1 unspecified atom stereocenters. The van der Waals surface area contributed by atoms with E-state index in [2.05, 4.69) is 13.8 Å². The molecular weight excluding hydrogens is 260 g/mol. The molecule has 0 aliphatic carbocycles. The van der Waals surface area contributed by atoms with Crippen LogP contribution in [0.25, 0.3) is 0 Å². The van der Waals surface area contributed by atoms with E-state index in [4.69, 9.17) is 13.6 Å². The molecule has 0 heterocycles. The second kappa shape index (κ2) is 9.50. The number of ether oxygens (including phenoxy) is 1. The molecule has 4 nitrogen and oxygen atoms in total. The van der Waals surface area contributed by atoms with E-state index in [1.807, 2.05) is 13.8 Å². The highest BCUT2D eigenvalue weighted by Gasteiger charge is 2.42. The smallest absolute Gasteiger partial charge is 0.338 e. The van der Waals surface area contributed by atoms with Crippen LogP contribution in [0.4, 0.5) is 0 Å². The molecule has 0 rings (SSSR count). The van der Waals surface area contributed by atoms with Gasteiger partial charge in [-0.1, -0.05) is 33.1 Å². The van der Waals surface area contributed by atoms with E-state index in [9.17, 15) is 4.79 Å². The Morgan fingerprint density at radius 2 is 1.79 bits per heavy atom. The van der Waals surface area contributed by atoms with Gasteiger partial charge in [0.25, 0.3) is 0 Å². The zero-order valence-electron chi connectivity index (χ0n) is 13.3. The SMILES string of the molecule is CCCCC(CC)COC(=O)C(C)(C)[SiH](OC)OC. The Labute approximate surface area is 119 Å². The van der Waals surface area contributed by atoms with Gasteiger partial charge < -0.3 is 13.6 Å². The minimum atomic E-state index is -2.03. The third-order valence-corrected chi connectivity index (χ3v) is 5.81. The summed E-state index contributed by atoms with van der Waals surface area (Å²) in [6.07, 6.45) is 4.53. The van der Waals surface area contributed by atoms with Gasteiger partial charge in [-0.2, -0.15) is 0 Å². The minimum Gasteiger partial charge on any atom is -0.465 e. The van der Waals surface area contributed by atoms with E-state index in [0.29, 0.717) is 12.5 Å². The number of hydrogen-bond donors (Lipinski definition) is 0. The van der Waals surface area contributed by atoms with E-state index in [1.54, 1.807) is 14.2 Å². The van der Waals surface area contributed by atoms with Gasteiger partial charge in [-0.05, 0) is 26.2 Å². The van der Waals surface area contributed by atoms with Crippen LogP contribution in [0.5, 0.6) is 0 Å². The summed E-state index contributed by atoms with van der Waals surface area (Å²) in [5, 5.41) is -0.660. The number of unbranched alkanes of at least 4 members (excludes halogenated alkanes) is 1. The highest BCUT2D eigenvalue weighted by molar-refractivity contribution is 6.53. The Bertz CT molecular complexity index is 252. The van der Waals surface area contributed by atoms with E-state index in [-0.39, 0.29) is 5.97 Å². The molecule has 0 aliphatic heterocycles. The van der Waals surface area contributed by atoms with Crippen molar-refractivity contribution in [1.29, 1.82) is 0 Å². The summed E-state index contributed by atoms with van der Waals surface area (Å²) in [6.45, 7) is 8.50. The predicted molar refractivity (Wildman–Crippen MR) is 79.5 cm³/mol. The van der Waals surface area contributed by atoms with Crippen LogP contribution in [0.2, 0.25) is 5.04 Å². The lowest BCUT2D eigenvalue weighted by molar-refractivity contribution is -0.148. The van der Waals surface area contributed by atoms with Crippen LogP contribution in [0, 0.1) is 5.92 Å². The van der Waals surface area contributed by atoms with Crippen molar-refractivity contribution in [3.63, 3.8) is 0 Å². The van der Waals surface area contributed by atoms with Crippen LogP contribution < -0.4 is 0 Å². The average Bonchev–Trinajstić information content (AvgIpc) is 2.39. The molecule has 0 aromatic rings. The van der Waals surface area contributed by atoms with Crippen LogP contribution >= 0.6 is 0 Å². The zero-order chi connectivity index (χ0) is 14.9. The summed E-state index contributed by atoms with van der Waals surface area (Å²) < 4.78 is 16.1. The van der Waals surface area contributed by atoms with Gasteiger partial charge in [0.05, 0.1) is 6.61 Å². The molecule has 0 radical (unpaired) electrons. The fraction of sp³-hybridized carbons (Fsp3) is 0.929. The third kappa shape index (κ3) is 6.06. The summed E-state index contributed by atoms with van der Waals surface area (Å²) >= 11 is 0. The molecule has 1 atom stereocenters. The maximum absolute atomic E-state index is 12.2. The maximum Gasteiger partial charge on any atom is 0.338 e. The van der Waals surface area contributed by atoms with Crippen molar-refractivity contribution in [3.8, 4) is 0 Å². The van der Waals surface area contributed by atoms with Crippen LogP contribution in [0.15, 0.2) is 0 Å². The molecule has 0 aromatic carbocycles. The minimum absolute atomic E-state index is 0.206. The number of carbonyl (C=O) groups is 1. The van der Waals surface area contributed by atoms with Crippen molar-refractivity contribution >= 4 is 15.3 Å². The highest BCUT2D eigenvalue weighted by Crippen LogP contribution is 2.31. The van der Waals surface area contributed by atoms with Crippen molar-refractivity contribution in [2.45, 2.75) is 58.4 Å². The third-order valence-electron chi connectivity index (χ3n) is 3.54. The molecule has 114 valence electrons. The molecular formula is C14H30O4Si. The van der Waals surface area contributed by atoms with E-state index in [1.165, 1.54) is 12.8 Å². The first kappa shape index (κ1) is 18.6. The second-order valence-electron chi connectivity index (χ2n) is 5.54. The van der Waals surface area contributed by atoms with Crippen LogP contribution in [0.1, 0.15) is 53.4 Å². The van der Waals surface area contributed by atoms with Gasteiger partial charge in [0.15, 0.2) is 0 Å². The van der Waals surface area contributed by atoms with Crippen molar-refractivity contribution in [3.05, 3.63) is 0 Å². The highest BCUT2D eigenvalue weighted by atomic mass is 28.3. The normalized spacial score (nSPS) is 13.6. The summed E-state index contributed by atoms with van der Waals surface area (Å²) in [6, 6.07) is 0. The maximum atomic E-state index is 12.2. The molecule has 0 aliphatic rings. The zero-order valence-corrected chi connectivity index (χ0v) is 14.5. The molecule has 0 saturated heterocycles. The van der Waals surface area contributed by atoms with Gasteiger partial charge >= 0.3 is 15.3 Å². The first-order chi connectivity index (χ1) is 8.93. The van der Waals surface area contributed by atoms with Crippen molar-refractivity contribution in [2.75, 3.05) is 20.8 Å². The Morgan fingerprint density at radius 1 is 1.21 bits per heavy atom. The standard InChI is InChI=1S/C14H30O4Si/c1-7-9-10-12(8-2)11-18-13(15)14(3,4)19(16-5)17-6/h12,19H,7-11H2,1-6H3. The van der Waals surface area contributed by atoms with Gasteiger partial charge in [0, 0.05) is 14.2 Å². The number of carbonyl (C=O) groups excluding carboxylic acids is 1.